The molecular weight excluding hydrogens is 308 g/mol. The van der Waals surface area contributed by atoms with Crippen LogP contribution in [0, 0.1) is 15.0 Å². The van der Waals surface area contributed by atoms with Gasteiger partial charge in [0.1, 0.15) is 9.39 Å². The fourth-order valence-electron chi connectivity index (χ4n) is 0.937. The van der Waals surface area contributed by atoms with Crippen molar-refractivity contribution in [3.8, 4) is 6.07 Å². The third kappa shape index (κ3) is 2.57. The van der Waals surface area contributed by atoms with Crippen molar-refractivity contribution < 1.29 is 13.2 Å². The summed E-state index contributed by atoms with van der Waals surface area (Å²) in [6.45, 7) is 0. The third-order valence-electron chi connectivity index (χ3n) is 1.48. The molecule has 1 rings (SSSR count). The van der Waals surface area contributed by atoms with Crippen LogP contribution in [-0.4, -0.2) is 4.98 Å². The summed E-state index contributed by atoms with van der Waals surface area (Å²) >= 11 is 1.70. The first-order valence-electron chi connectivity index (χ1n) is 3.54. The number of hydrogen-bond donors (Lipinski definition) is 0. The van der Waals surface area contributed by atoms with Crippen molar-refractivity contribution in [1.82, 2.24) is 4.98 Å². The van der Waals surface area contributed by atoms with Crippen LogP contribution >= 0.6 is 22.6 Å². The summed E-state index contributed by atoms with van der Waals surface area (Å²) in [4.78, 5) is 3.37. The molecule has 14 heavy (non-hydrogen) atoms. The van der Waals surface area contributed by atoms with Crippen molar-refractivity contribution in [1.29, 1.82) is 5.26 Å². The van der Waals surface area contributed by atoms with Gasteiger partial charge in [-0.3, -0.25) is 0 Å². The van der Waals surface area contributed by atoms with Crippen molar-refractivity contribution in [2.24, 2.45) is 0 Å². The van der Waals surface area contributed by atoms with E-state index in [0.29, 0.717) is 0 Å². The minimum Gasteiger partial charge on any atom is -0.237 e. The fourth-order valence-corrected chi connectivity index (χ4v) is 1.36. The lowest BCUT2D eigenvalue weighted by atomic mass is 10.1. The molecule has 2 nitrogen and oxygen atoms in total. The molecule has 0 radical (unpaired) electrons. The maximum atomic E-state index is 12.4. The van der Waals surface area contributed by atoms with E-state index >= 15 is 0 Å². The van der Waals surface area contributed by atoms with Crippen LogP contribution in [0.5, 0.6) is 0 Å². The van der Waals surface area contributed by atoms with Crippen LogP contribution in [0.1, 0.15) is 11.3 Å². The second-order valence-corrected chi connectivity index (χ2v) is 3.58. The predicted octanol–water partition coefficient (Wildman–Crippen LogP) is 2.77. The third-order valence-corrected chi connectivity index (χ3v) is 2.08. The van der Waals surface area contributed by atoms with Crippen LogP contribution in [0.15, 0.2) is 12.1 Å². The molecule has 0 aliphatic carbocycles. The molecule has 1 aromatic rings. The number of pyridine rings is 1. The minimum absolute atomic E-state index is 0.0829. The van der Waals surface area contributed by atoms with Gasteiger partial charge in [-0.2, -0.15) is 18.4 Å². The van der Waals surface area contributed by atoms with Crippen molar-refractivity contribution >= 4 is 22.6 Å². The van der Waals surface area contributed by atoms with Crippen LogP contribution in [0.2, 0.25) is 0 Å². The molecule has 0 bridgehead atoms. The zero-order valence-electron chi connectivity index (χ0n) is 6.77. The Hall–Kier alpha value is -0.840. The molecule has 1 aromatic heterocycles. The van der Waals surface area contributed by atoms with Crippen LogP contribution in [0.4, 0.5) is 13.2 Å². The van der Waals surface area contributed by atoms with Gasteiger partial charge in [-0.15, -0.1) is 0 Å². The summed E-state index contributed by atoms with van der Waals surface area (Å²) in [7, 11) is 0. The maximum absolute atomic E-state index is 12.4. The lowest BCUT2D eigenvalue weighted by Crippen LogP contribution is -2.12. The van der Waals surface area contributed by atoms with Crippen LogP contribution in [0.25, 0.3) is 0 Å². The highest BCUT2D eigenvalue weighted by Gasteiger charge is 2.35. The second kappa shape index (κ2) is 4.13. The molecule has 0 aliphatic rings. The summed E-state index contributed by atoms with van der Waals surface area (Å²) in [5.41, 5.74) is -1.05. The molecule has 0 aromatic carbocycles. The van der Waals surface area contributed by atoms with Crippen molar-refractivity contribution in [2.45, 2.75) is 12.6 Å². The predicted molar refractivity (Wildman–Crippen MR) is 51.3 cm³/mol. The average Bonchev–Trinajstić information content (AvgIpc) is 2.07. The van der Waals surface area contributed by atoms with E-state index in [-0.39, 0.29) is 15.7 Å². The highest BCUT2D eigenvalue weighted by atomic mass is 127. The van der Waals surface area contributed by atoms with Gasteiger partial charge in [0, 0.05) is 0 Å². The monoisotopic (exact) mass is 312 g/mol. The van der Waals surface area contributed by atoms with Crippen molar-refractivity contribution in [2.75, 3.05) is 0 Å². The van der Waals surface area contributed by atoms with Gasteiger partial charge in [0.25, 0.3) is 0 Å². The van der Waals surface area contributed by atoms with E-state index in [2.05, 4.69) is 4.98 Å². The minimum atomic E-state index is -4.49. The number of nitriles is 1. The smallest absolute Gasteiger partial charge is 0.237 e. The van der Waals surface area contributed by atoms with Gasteiger partial charge in [0.15, 0.2) is 0 Å². The first-order valence-corrected chi connectivity index (χ1v) is 4.62. The lowest BCUT2D eigenvalue weighted by molar-refractivity contribution is -0.141. The molecule has 0 fully saturated rings. The van der Waals surface area contributed by atoms with Crippen LogP contribution in [0.3, 0.4) is 0 Å². The molecular formula is C8H4F3IN2. The molecule has 74 valence electrons. The number of nitrogens with zero attached hydrogens (tertiary/aromatic N) is 2. The number of rotatable bonds is 1. The fraction of sp³-hybridized carbons (Fsp3) is 0.250. The Bertz CT molecular complexity index is 381. The van der Waals surface area contributed by atoms with Crippen molar-refractivity contribution in [3.05, 3.63) is 27.1 Å². The van der Waals surface area contributed by atoms with E-state index in [1.165, 1.54) is 12.1 Å². The average molecular weight is 312 g/mol. The quantitative estimate of drug-likeness (QED) is 0.590. The second-order valence-electron chi connectivity index (χ2n) is 2.47. The molecule has 0 aliphatic heterocycles. The molecule has 0 saturated heterocycles. The summed E-state index contributed by atoms with van der Waals surface area (Å²) in [6, 6.07) is 4.40. The van der Waals surface area contributed by atoms with Crippen LogP contribution in [-0.2, 0) is 12.6 Å². The van der Waals surface area contributed by atoms with Gasteiger partial charge in [-0.05, 0) is 34.2 Å². The van der Waals surface area contributed by atoms with Gasteiger partial charge in [0.05, 0.1) is 12.5 Å². The van der Waals surface area contributed by atoms with Crippen molar-refractivity contribution in [3.63, 3.8) is 0 Å². The number of alkyl halides is 3. The zero-order valence-corrected chi connectivity index (χ0v) is 8.93. The Balaban J connectivity index is 3.24. The van der Waals surface area contributed by atoms with E-state index in [1.54, 1.807) is 28.7 Å². The number of aromatic nitrogens is 1. The first kappa shape index (κ1) is 11.2. The maximum Gasteiger partial charge on any atom is 0.433 e. The standard InChI is InChI=1S/C8H4F3IN2/c9-8(10,11)7-5(3-4-13)1-2-6(12)14-7/h1-2H,3H2. The Morgan fingerprint density at radius 1 is 1.43 bits per heavy atom. The highest BCUT2D eigenvalue weighted by molar-refractivity contribution is 14.1. The van der Waals surface area contributed by atoms with Gasteiger partial charge in [-0.1, -0.05) is 6.07 Å². The summed E-state index contributed by atoms with van der Waals surface area (Å²) in [5.74, 6) is 0. The molecule has 1 heterocycles. The van der Waals surface area contributed by atoms with E-state index in [0.717, 1.165) is 0 Å². The number of hydrogen-bond acceptors (Lipinski definition) is 2. The van der Waals surface area contributed by atoms with Gasteiger partial charge < -0.3 is 0 Å². The highest BCUT2D eigenvalue weighted by Crippen LogP contribution is 2.30. The Morgan fingerprint density at radius 2 is 2.07 bits per heavy atom. The largest absolute Gasteiger partial charge is 0.433 e. The normalized spacial score (nSPS) is 11.1. The molecule has 0 saturated carbocycles. The van der Waals surface area contributed by atoms with Gasteiger partial charge >= 0.3 is 6.18 Å². The van der Waals surface area contributed by atoms with E-state index in [9.17, 15) is 13.2 Å². The topological polar surface area (TPSA) is 36.7 Å². The van der Waals surface area contributed by atoms with E-state index in [4.69, 9.17) is 5.26 Å². The molecule has 6 heteroatoms. The van der Waals surface area contributed by atoms with Crippen LogP contribution < -0.4 is 0 Å². The molecule has 0 unspecified atom stereocenters. The van der Waals surface area contributed by atoms with Gasteiger partial charge in [-0.25, -0.2) is 4.98 Å². The Morgan fingerprint density at radius 3 is 2.57 bits per heavy atom. The van der Waals surface area contributed by atoms with Gasteiger partial charge in [0.2, 0.25) is 0 Å². The molecule has 0 atom stereocenters. The summed E-state index contributed by atoms with van der Waals surface area (Å²) in [6.07, 6.45) is -4.77. The number of halogens is 4. The summed E-state index contributed by atoms with van der Waals surface area (Å²) < 4.78 is 37.4. The Labute approximate surface area is 91.9 Å². The SMILES string of the molecule is N#CCc1ccc(I)nc1C(F)(F)F. The molecule has 0 N–H and O–H groups in total. The Kier molecular flexibility index (Phi) is 3.31. The summed E-state index contributed by atoms with van der Waals surface area (Å²) in [5, 5.41) is 8.33. The molecule has 0 amide bonds. The zero-order chi connectivity index (χ0) is 10.8. The molecule has 0 spiro atoms. The van der Waals surface area contributed by atoms with E-state index in [1.807, 2.05) is 0 Å². The first-order chi connectivity index (χ1) is 6.45. The van der Waals surface area contributed by atoms with E-state index < -0.39 is 11.9 Å². The lowest BCUT2D eigenvalue weighted by Gasteiger charge is -2.09.